The van der Waals surface area contributed by atoms with Gasteiger partial charge < -0.3 is 5.32 Å². The van der Waals surface area contributed by atoms with Gasteiger partial charge in [0, 0.05) is 16.2 Å². The van der Waals surface area contributed by atoms with Gasteiger partial charge >= 0.3 is 0 Å². The smallest absolute Gasteiger partial charge is 0.255 e. The summed E-state index contributed by atoms with van der Waals surface area (Å²) in [6.07, 6.45) is 3.75. The van der Waals surface area contributed by atoms with Gasteiger partial charge in [-0.25, -0.2) is 4.98 Å². The van der Waals surface area contributed by atoms with Crippen molar-refractivity contribution in [2.24, 2.45) is 0 Å². The summed E-state index contributed by atoms with van der Waals surface area (Å²) >= 11 is 7.59. The molecule has 5 heteroatoms. The van der Waals surface area contributed by atoms with Crippen LogP contribution in [0.4, 0.5) is 5.69 Å². The third-order valence-electron chi connectivity index (χ3n) is 2.97. The van der Waals surface area contributed by atoms with Gasteiger partial charge in [0.25, 0.3) is 5.91 Å². The zero-order chi connectivity index (χ0) is 15.2. The second-order valence-electron chi connectivity index (χ2n) is 4.57. The number of anilines is 1. The van der Waals surface area contributed by atoms with Crippen molar-refractivity contribution in [3.63, 3.8) is 0 Å². The number of thioether (sulfide) groups is 1. The van der Waals surface area contributed by atoms with Crippen molar-refractivity contribution in [1.82, 2.24) is 4.98 Å². The van der Waals surface area contributed by atoms with Gasteiger partial charge in [0.2, 0.25) is 0 Å². The third kappa shape index (κ3) is 4.22. The fourth-order valence-electron chi connectivity index (χ4n) is 2.01. The SMILES string of the molecule is CCCc1cc(C(=O)Nc2ccccc2SC)cc(Cl)n1. The van der Waals surface area contributed by atoms with Crippen LogP contribution in [0, 0.1) is 0 Å². The molecule has 0 fully saturated rings. The Morgan fingerprint density at radius 2 is 2.10 bits per heavy atom. The Morgan fingerprint density at radius 3 is 2.81 bits per heavy atom. The first-order chi connectivity index (χ1) is 10.1. The minimum Gasteiger partial charge on any atom is -0.321 e. The van der Waals surface area contributed by atoms with Crippen LogP contribution in [0.3, 0.4) is 0 Å². The third-order valence-corrected chi connectivity index (χ3v) is 3.96. The fraction of sp³-hybridized carbons (Fsp3) is 0.250. The number of hydrogen-bond donors (Lipinski definition) is 1. The van der Waals surface area contributed by atoms with Crippen LogP contribution in [0.2, 0.25) is 5.15 Å². The van der Waals surface area contributed by atoms with Crippen molar-refractivity contribution in [1.29, 1.82) is 0 Å². The highest BCUT2D eigenvalue weighted by atomic mass is 35.5. The van der Waals surface area contributed by atoms with Gasteiger partial charge in [-0.1, -0.05) is 37.1 Å². The van der Waals surface area contributed by atoms with Gasteiger partial charge in [-0.3, -0.25) is 4.79 Å². The average molecular weight is 321 g/mol. The highest BCUT2D eigenvalue weighted by Crippen LogP contribution is 2.25. The predicted octanol–water partition coefficient (Wildman–Crippen LogP) is 4.66. The Hall–Kier alpha value is -1.52. The maximum absolute atomic E-state index is 12.4. The molecule has 1 N–H and O–H groups in total. The Kier molecular flexibility index (Phi) is 5.65. The van der Waals surface area contributed by atoms with E-state index in [0.29, 0.717) is 10.7 Å². The molecule has 0 atom stereocenters. The number of hydrogen-bond acceptors (Lipinski definition) is 3. The lowest BCUT2D eigenvalue weighted by Crippen LogP contribution is -2.13. The highest BCUT2D eigenvalue weighted by Gasteiger charge is 2.11. The number of pyridine rings is 1. The first-order valence-electron chi connectivity index (χ1n) is 6.75. The predicted molar refractivity (Wildman–Crippen MR) is 89.4 cm³/mol. The van der Waals surface area contributed by atoms with Crippen LogP contribution in [0.1, 0.15) is 29.4 Å². The summed E-state index contributed by atoms with van der Waals surface area (Å²) in [6.45, 7) is 2.07. The van der Waals surface area contributed by atoms with Crippen LogP contribution >= 0.6 is 23.4 Å². The number of nitrogens with one attached hydrogen (secondary N) is 1. The first-order valence-corrected chi connectivity index (χ1v) is 8.35. The van der Waals surface area contributed by atoms with Gasteiger partial charge in [0.1, 0.15) is 5.15 Å². The lowest BCUT2D eigenvalue weighted by Gasteiger charge is -2.10. The minimum absolute atomic E-state index is 0.168. The number of para-hydroxylation sites is 1. The molecular weight excluding hydrogens is 304 g/mol. The van der Waals surface area contributed by atoms with Crippen LogP contribution < -0.4 is 5.32 Å². The molecule has 0 aliphatic carbocycles. The van der Waals surface area contributed by atoms with Crippen molar-refractivity contribution in [2.75, 3.05) is 11.6 Å². The Morgan fingerprint density at radius 1 is 1.33 bits per heavy atom. The van der Waals surface area contributed by atoms with Gasteiger partial charge in [0.15, 0.2) is 0 Å². The van der Waals surface area contributed by atoms with Crippen molar-refractivity contribution >= 4 is 35.0 Å². The standard InChI is InChI=1S/C16H17ClN2OS/c1-3-6-12-9-11(10-15(17)18-12)16(20)19-13-7-4-5-8-14(13)21-2/h4-5,7-10H,3,6H2,1-2H3,(H,19,20). The highest BCUT2D eigenvalue weighted by molar-refractivity contribution is 7.98. The molecule has 1 heterocycles. The summed E-state index contributed by atoms with van der Waals surface area (Å²) in [7, 11) is 0. The maximum Gasteiger partial charge on any atom is 0.255 e. The molecule has 1 aromatic heterocycles. The summed E-state index contributed by atoms with van der Waals surface area (Å²) in [5, 5.41) is 3.28. The van der Waals surface area contributed by atoms with E-state index in [2.05, 4.69) is 17.2 Å². The van der Waals surface area contributed by atoms with E-state index in [4.69, 9.17) is 11.6 Å². The van der Waals surface area contributed by atoms with Crippen LogP contribution in [0.15, 0.2) is 41.3 Å². The van der Waals surface area contributed by atoms with E-state index in [1.165, 1.54) is 0 Å². The lowest BCUT2D eigenvalue weighted by molar-refractivity contribution is 0.102. The zero-order valence-corrected chi connectivity index (χ0v) is 13.6. The molecule has 0 bridgehead atoms. The Labute approximate surface area is 134 Å². The van der Waals surface area contributed by atoms with Crippen molar-refractivity contribution in [3.8, 4) is 0 Å². The molecule has 1 aromatic carbocycles. The number of carbonyl (C=O) groups is 1. The summed E-state index contributed by atoms with van der Waals surface area (Å²) in [5.41, 5.74) is 2.18. The van der Waals surface area contributed by atoms with E-state index in [9.17, 15) is 4.79 Å². The fourth-order valence-corrected chi connectivity index (χ4v) is 2.79. The number of aryl methyl sites for hydroxylation is 1. The topological polar surface area (TPSA) is 42.0 Å². The molecule has 21 heavy (non-hydrogen) atoms. The van der Waals surface area contributed by atoms with E-state index in [1.807, 2.05) is 30.5 Å². The number of rotatable bonds is 5. The molecule has 0 spiro atoms. The van der Waals surface area contributed by atoms with E-state index < -0.39 is 0 Å². The monoisotopic (exact) mass is 320 g/mol. The summed E-state index contributed by atoms with van der Waals surface area (Å²) < 4.78 is 0. The summed E-state index contributed by atoms with van der Waals surface area (Å²) in [5.74, 6) is -0.168. The van der Waals surface area contributed by atoms with Crippen molar-refractivity contribution in [2.45, 2.75) is 24.7 Å². The van der Waals surface area contributed by atoms with Crippen molar-refractivity contribution < 1.29 is 4.79 Å². The minimum atomic E-state index is -0.168. The lowest BCUT2D eigenvalue weighted by atomic mass is 10.1. The van der Waals surface area contributed by atoms with E-state index in [1.54, 1.807) is 23.9 Å². The molecule has 0 radical (unpaired) electrons. The van der Waals surface area contributed by atoms with Crippen LogP contribution in [0.25, 0.3) is 0 Å². The van der Waals surface area contributed by atoms with Crippen LogP contribution in [-0.4, -0.2) is 17.1 Å². The molecule has 3 nitrogen and oxygen atoms in total. The van der Waals surface area contributed by atoms with Crippen LogP contribution in [-0.2, 0) is 6.42 Å². The molecule has 0 saturated carbocycles. The molecule has 2 rings (SSSR count). The van der Waals surface area contributed by atoms with E-state index in [-0.39, 0.29) is 5.91 Å². The molecule has 1 amide bonds. The quantitative estimate of drug-likeness (QED) is 0.643. The molecule has 0 saturated heterocycles. The molecule has 0 unspecified atom stereocenters. The van der Waals surface area contributed by atoms with Gasteiger partial charge in [-0.15, -0.1) is 11.8 Å². The van der Waals surface area contributed by atoms with Crippen molar-refractivity contribution in [3.05, 3.63) is 52.8 Å². The second kappa shape index (κ2) is 7.48. The number of halogens is 1. The Bertz CT molecular complexity index is 646. The molecule has 0 aliphatic heterocycles. The summed E-state index contributed by atoms with van der Waals surface area (Å²) in [6, 6.07) is 11.1. The maximum atomic E-state index is 12.4. The number of amides is 1. The van der Waals surface area contributed by atoms with Gasteiger partial charge in [-0.2, -0.15) is 0 Å². The van der Waals surface area contributed by atoms with E-state index >= 15 is 0 Å². The molecule has 0 aliphatic rings. The number of nitrogens with zero attached hydrogens (tertiary/aromatic N) is 1. The first kappa shape index (κ1) is 15.9. The summed E-state index contributed by atoms with van der Waals surface area (Å²) in [4.78, 5) is 17.6. The number of benzene rings is 1. The van der Waals surface area contributed by atoms with Crippen LogP contribution in [0.5, 0.6) is 0 Å². The molecular formula is C16H17ClN2OS. The largest absolute Gasteiger partial charge is 0.321 e. The zero-order valence-electron chi connectivity index (χ0n) is 12.0. The number of aromatic nitrogens is 1. The molecule has 2 aromatic rings. The average Bonchev–Trinajstić information content (AvgIpc) is 2.47. The van der Waals surface area contributed by atoms with Gasteiger partial charge in [0.05, 0.1) is 5.69 Å². The van der Waals surface area contributed by atoms with Gasteiger partial charge in [-0.05, 0) is 36.9 Å². The van der Waals surface area contributed by atoms with E-state index in [0.717, 1.165) is 29.1 Å². The number of carbonyl (C=O) groups excluding carboxylic acids is 1. The normalized spacial score (nSPS) is 10.4. The molecule has 110 valence electrons. The Balaban J connectivity index is 2.24. The second-order valence-corrected chi connectivity index (χ2v) is 5.81.